The lowest BCUT2D eigenvalue weighted by Gasteiger charge is -2.12. The van der Waals surface area contributed by atoms with Gasteiger partial charge in [-0.1, -0.05) is 0 Å². The Balaban J connectivity index is 1.54. The van der Waals surface area contributed by atoms with Gasteiger partial charge >= 0.3 is 6.36 Å². The van der Waals surface area contributed by atoms with Gasteiger partial charge in [-0.15, -0.1) is 13.2 Å². The van der Waals surface area contributed by atoms with Crippen molar-refractivity contribution in [1.82, 2.24) is 14.9 Å². The number of likely N-dealkylation sites (tertiary alicyclic amines) is 1. The normalized spacial score (nSPS) is 20.0. The molecule has 1 aliphatic heterocycles. The highest BCUT2D eigenvalue weighted by Gasteiger charge is 2.34. The topological polar surface area (TPSA) is 118 Å². The molecule has 1 aliphatic rings. The predicted molar refractivity (Wildman–Crippen MR) is 79.7 cm³/mol. The number of aliphatic hydroxyl groups is 2. The third-order valence-electron chi connectivity index (χ3n) is 3.61. The van der Waals surface area contributed by atoms with Crippen LogP contribution in [0.1, 0.15) is 16.4 Å². The standard InChI is InChI=1S/C15H14F3N3O6/c16-15(17,18)27-12-2-1-8(3-19-12)25-7-13-20-9(6-26-13)14(24)21-4-10(22)11(23)5-21/h1-3,6,10-11,22-23H,4-5,7H2/t10-,11-/m0/s1. The van der Waals surface area contributed by atoms with E-state index in [0.29, 0.717) is 0 Å². The molecule has 0 spiro atoms. The first-order valence-corrected chi connectivity index (χ1v) is 7.65. The van der Waals surface area contributed by atoms with Crippen molar-refractivity contribution in [2.24, 2.45) is 0 Å². The van der Waals surface area contributed by atoms with Crippen LogP contribution in [-0.2, 0) is 6.61 Å². The number of halogens is 3. The molecule has 1 saturated heterocycles. The molecule has 0 bridgehead atoms. The van der Waals surface area contributed by atoms with E-state index in [9.17, 15) is 28.2 Å². The van der Waals surface area contributed by atoms with Crippen molar-refractivity contribution in [3.63, 3.8) is 0 Å². The van der Waals surface area contributed by atoms with Crippen LogP contribution in [0.4, 0.5) is 13.2 Å². The SMILES string of the molecule is O=C(c1coc(COc2ccc(OC(F)(F)F)nc2)n1)N1C[C@H](O)[C@@H](O)C1. The molecule has 12 heteroatoms. The van der Waals surface area contributed by atoms with E-state index in [-0.39, 0.29) is 37.0 Å². The minimum absolute atomic E-state index is 0.0172. The first-order valence-electron chi connectivity index (χ1n) is 7.65. The number of carbonyl (C=O) groups excluding carboxylic acids is 1. The number of oxazole rings is 1. The maximum absolute atomic E-state index is 12.2. The second-order valence-electron chi connectivity index (χ2n) is 5.64. The summed E-state index contributed by atoms with van der Waals surface area (Å²) in [5.41, 5.74) is -0.0260. The van der Waals surface area contributed by atoms with E-state index in [1.165, 1.54) is 11.0 Å². The highest BCUT2D eigenvalue weighted by Crippen LogP contribution is 2.22. The van der Waals surface area contributed by atoms with Gasteiger partial charge in [-0.25, -0.2) is 9.97 Å². The van der Waals surface area contributed by atoms with E-state index in [2.05, 4.69) is 14.7 Å². The molecule has 2 atom stereocenters. The van der Waals surface area contributed by atoms with Gasteiger partial charge in [0.1, 0.15) is 12.0 Å². The van der Waals surface area contributed by atoms with E-state index >= 15 is 0 Å². The van der Waals surface area contributed by atoms with E-state index in [4.69, 9.17) is 9.15 Å². The average Bonchev–Trinajstić information content (AvgIpc) is 3.19. The summed E-state index contributed by atoms with van der Waals surface area (Å²) in [4.78, 5) is 20.8. The van der Waals surface area contributed by atoms with Crippen LogP contribution in [-0.4, -0.2) is 62.6 Å². The summed E-state index contributed by atoms with van der Waals surface area (Å²) in [6.45, 7) is -0.229. The monoisotopic (exact) mass is 389 g/mol. The molecule has 0 unspecified atom stereocenters. The summed E-state index contributed by atoms with van der Waals surface area (Å²) in [5.74, 6) is -0.958. The Hall–Kier alpha value is -2.86. The lowest BCUT2D eigenvalue weighted by Crippen LogP contribution is -2.30. The Labute approximate surface area is 150 Å². The Morgan fingerprint density at radius 1 is 1.30 bits per heavy atom. The number of nitrogens with zero attached hydrogens (tertiary/aromatic N) is 3. The second-order valence-corrected chi connectivity index (χ2v) is 5.64. The fourth-order valence-corrected chi connectivity index (χ4v) is 2.35. The minimum Gasteiger partial charge on any atom is -0.482 e. The van der Waals surface area contributed by atoms with Crippen molar-refractivity contribution >= 4 is 5.91 Å². The fourth-order valence-electron chi connectivity index (χ4n) is 2.35. The van der Waals surface area contributed by atoms with Crippen molar-refractivity contribution in [2.45, 2.75) is 25.2 Å². The zero-order valence-corrected chi connectivity index (χ0v) is 13.6. The van der Waals surface area contributed by atoms with Crippen LogP contribution in [0, 0.1) is 0 Å². The highest BCUT2D eigenvalue weighted by atomic mass is 19.4. The number of pyridine rings is 1. The lowest BCUT2D eigenvalue weighted by molar-refractivity contribution is -0.276. The van der Waals surface area contributed by atoms with Crippen molar-refractivity contribution in [1.29, 1.82) is 0 Å². The molecule has 0 aromatic carbocycles. The van der Waals surface area contributed by atoms with Gasteiger partial charge in [0, 0.05) is 19.2 Å². The molecule has 1 fully saturated rings. The first kappa shape index (κ1) is 18.9. The molecule has 27 heavy (non-hydrogen) atoms. The lowest BCUT2D eigenvalue weighted by atomic mass is 10.3. The number of amides is 1. The molecule has 0 radical (unpaired) electrons. The number of β-amino-alcohol motifs (C(OH)–C–C–N with tert-alkyl or cyclic N) is 2. The molecule has 2 N–H and O–H groups in total. The molecule has 2 aromatic heterocycles. The smallest absolute Gasteiger partial charge is 0.482 e. The number of aromatic nitrogens is 2. The second kappa shape index (κ2) is 7.40. The Bertz CT molecular complexity index is 785. The third-order valence-corrected chi connectivity index (χ3v) is 3.61. The van der Waals surface area contributed by atoms with Gasteiger partial charge in [0.05, 0.1) is 18.4 Å². The average molecular weight is 389 g/mol. The Morgan fingerprint density at radius 2 is 2.00 bits per heavy atom. The van der Waals surface area contributed by atoms with Crippen LogP contribution in [0.3, 0.4) is 0 Å². The predicted octanol–water partition coefficient (Wildman–Crippen LogP) is 0.725. The van der Waals surface area contributed by atoms with Crippen molar-refractivity contribution in [3.05, 3.63) is 36.2 Å². The quantitative estimate of drug-likeness (QED) is 0.768. The molecule has 146 valence electrons. The molecule has 3 heterocycles. The molecule has 3 rings (SSSR count). The van der Waals surface area contributed by atoms with Crippen molar-refractivity contribution in [2.75, 3.05) is 13.1 Å². The van der Waals surface area contributed by atoms with Crippen LogP contribution in [0.2, 0.25) is 0 Å². The summed E-state index contributed by atoms with van der Waals surface area (Å²) in [6.07, 6.45) is -4.72. The van der Waals surface area contributed by atoms with Crippen LogP contribution in [0.5, 0.6) is 11.6 Å². The van der Waals surface area contributed by atoms with Gasteiger partial charge in [0.2, 0.25) is 11.8 Å². The van der Waals surface area contributed by atoms with E-state index in [0.717, 1.165) is 18.5 Å². The van der Waals surface area contributed by atoms with Crippen LogP contribution >= 0.6 is 0 Å². The molecule has 0 saturated carbocycles. The van der Waals surface area contributed by atoms with Gasteiger partial charge in [-0.05, 0) is 6.07 Å². The van der Waals surface area contributed by atoms with E-state index < -0.39 is 30.4 Å². The zero-order chi connectivity index (χ0) is 19.6. The summed E-state index contributed by atoms with van der Waals surface area (Å²) in [6, 6.07) is 2.20. The van der Waals surface area contributed by atoms with Gasteiger partial charge in [-0.2, -0.15) is 0 Å². The maximum atomic E-state index is 12.2. The maximum Gasteiger partial charge on any atom is 0.574 e. The van der Waals surface area contributed by atoms with Crippen LogP contribution in [0.25, 0.3) is 0 Å². The highest BCUT2D eigenvalue weighted by molar-refractivity contribution is 5.92. The molecular formula is C15H14F3N3O6. The van der Waals surface area contributed by atoms with Gasteiger partial charge in [0.25, 0.3) is 5.91 Å². The summed E-state index contributed by atoms with van der Waals surface area (Å²) in [7, 11) is 0. The molecule has 2 aromatic rings. The number of carbonyl (C=O) groups is 1. The minimum atomic E-state index is -4.84. The summed E-state index contributed by atoms with van der Waals surface area (Å²) in [5, 5.41) is 19.0. The molecule has 9 nitrogen and oxygen atoms in total. The van der Waals surface area contributed by atoms with Crippen LogP contribution < -0.4 is 9.47 Å². The Kier molecular flexibility index (Phi) is 5.19. The third kappa shape index (κ3) is 4.86. The summed E-state index contributed by atoms with van der Waals surface area (Å²) >= 11 is 0. The number of aliphatic hydroxyl groups excluding tert-OH is 2. The van der Waals surface area contributed by atoms with E-state index in [1.807, 2.05) is 0 Å². The number of ether oxygens (including phenoxy) is 2. The molecule has 0 aliphatic carbocycles. The van der Waals surface area contributed by atoms with Crippen LogP contribution in [0.15, 0.2) is 29.0 Å². The van der Waals surface area contributed by atoms with Gasteiger partial charge in [-0.3, -0.25) is 4.79 Å². The Morgan fingerprint density at radius 3 is 2.59 bits per heavy atom. The fraction of sp³-hybridized carbons (Fsp3) is 0.400. The van der Waals surface area contributed by atoms with Gasteiger partial charge < -0.3 is 29.0 Å². The molecule has 1 amide bonds. The number of hydrogen-bond acceptors (Lipinski definition) is 8. The van der Waals surface area contributed by atoms with E-state index in [1.54, 1.807) is 0 Å². The largest absolute Gasteiger partial charge is 0.574 e. The number of rotatable bonds is 5. The number of hydrogen-bond donors (Lipinski definition) is 2. The zero-order valence-electron chi connectivity index (χ0n) is 13.6. The first-order chi connectivity index (χ1) is 12.7. The van der Waals surface area contributed by atoms with Gasteiger partial charge in [0.15, 0.2) is 12.3 Å². The molecular weight excluding hydrogens is 375 g/mol. The number of alkyl halides is 3. The van der Waals surface area contributed by atoms with Crippen molar-refractivity contribution < 1.29 is 42.1 Å². The van der Waals surface area contributed by atoms with Crippen molar-refractivity contribution in [3.8, 4) is 11.6 Å². The summed E-state index contributed by atoms with van der Waals surface area (Å²) < 4.78 is 50.2.